The molecule has 4 heteroatoms. The van der Waals surface area contributed by atoms with Gasteiger partial charge in [0.05, 0.1) is 0 Å². The van der Waals surface area contributed by atoms with E-state index < -0.39 is 0 Å². The first-order valence-electron chi connectivity index (χ1n) is 8.45. The lowest BCUT2D eigenvalue weighted by atomic mass is 9.93. The van der Waals surface area contributed by atoms with Gasteiger partial charge in [0.2, 0.25) is 0 Å². The van der Waals surface area contributed by atoms with Crippen LogP contribution in [0, 0.1) is 12.8 Å². The Morgan fingerprint density at radius 3 is 2.70 bits per heavy atom. The predicted molar refractivity (Wildman–Crippen MR) is 80.8 cm³/mol. The van der Waals surface area contributed by atoms with E-state index in [1.54, 1.807) is 0 Å². The Morgan fingerprint density at radius 1 is 1.10 bits per heavy atom. The minimum atomic E-state index is 0.665. The SMILES string of the molecule is Cc1nnc(CCC2CCCNC2)n1C1CCCCC1. The first-order chi connectivity index (χ1) is 9.84. The summed E-state index contributed by atoms with van der Waals surface area (Å²) in [6.07, 6.45) is 11.8. The maximum absolute atomic E-state index is 4.47. The number of hydrogen-bond acceptors (Lipinski definition) is 3. The standard InChI is InChI=1S/C16H28N4/c1-13-18-19-16(10-9-14-6-5-11-17-12-14)20(13)15-7-3-2-4-8-15/h14-15,17H,2-12H2,1H3. The van der Waals surface area contributed by atoms with Gasteiger partial charge in [-0.2, -0.15) is 0 Å². The van der Waals surface area contributed by atoms with Gasteiger partial charge in [-0.1, -0.05) is 19.3 Å². The molecule has 1 saturated heterocycles. The van der Waals surface area contributed by atoms with Crippen LogP contribution < -0.4 is 5.32 Å². The molecule has 1 aliphatic carbocycles. The average molecular weight is 276 g/mol. The van der Waals surface area contributed by atoms with E-state index in [0.29, 0.717) is 6.04 Å². The third kappa shape index (κ3) is 3.22. The molecule has 2 fully saturated rings. The molecule has 1 N–H and O–H groups in total. The van der Waals surface area contributed by atoms with Crippen molar-refractivity contribution in [2.45, 2.75) is 70.8 Å². The molecule has 0 amide bonds. The lowest BCUT2D eigenvalue weighted by Gasteiger charge is -2.26. The van der Waals surface area contributed by atoms with E-state index in [1.807, 2.05) is 0 Å². The molecule has 1 aromatic heterocycles. The topological polar surface area (TPSA) is 42.7 Å². The van der Waals surface area contributed by atoms with Crippen molar-refractivity contribution in [3.63, 3.8) is 0 Å². The Hall–Kier alpha value is -0.900. The largest absolute Gasteiger partial charge is 0.316 e. The van der Waals surface area contributed by atoms with E-state index in [9.17, 15) is 0 Å². The number of aromatic nitrogens is 3. The number of rotatable bonds is 4. The summed E-state index contributed by atoms with van der Waals surface area (Å²) in [5.41, 5.74) is 0. The van der Waals surface area contributed by atoms with Gasteiger partial charge in [0.1, 0.15) is 11.6 Å². The predicted octanol–water partition coefficient (Wildman–Crippen LogP) is 3.02. The second-order valence-electron chi connectivity index (χ2n) is 6.58. The molecule has 0 bridgehead atoms. The van der Waals surface area contributed by atoms with E-state index in [2.05, 4.69) is 27.0 Å². The molecule has 2 heterocycles. The zero-order chi connectivity index (χ0) is 13.8. The van der Waals surface area contributed by atoms with Crippen LogP contribution in [-0.2, 0) is 6.42 Å². The minimum absolute atomic E-state index is 0.665. The summed E-state index contributed by atoms with van der Waals surface area (Å²) >= 11 is 0. The van der Waals surface area contributed by atoms with Crippen LogP contribution in [0.5, 0.6) is 0 Å². The van der Waals surface area contributed by atoms with Gasteiger partial charge in [-0.3, -0.25) is 0 Å². The highest BCUT2D eigenvalue weighted by Crippen LogP contribution is 2.30. The van der Waals surface area contributed by atoms with Crippen LogP contribution in [0.25, 0.3) is 0 Å². The van der Waals surface area contributed by atoms with Crippen LogP contribution in [0.4, 0.5) is 0 Å². The van der Waals surface area contributed by atoms with Gasteiger partial charge in [-0.25, -0.2) is 0 Å². The summed E-state index contributed by atoms with van der Waals surface area (Å²) in [5, 5.41) is 12.3. The highest BCUT2D eigenvalue weighted by atomic mass is 15.3. The Kier molecular flexibility index (Phi) is 4.71. The molecule has 3 rings (SSSR count). The van der Waals surface area contributed by atoms with Crippen LogP contribution in [0.15, 0.2) is 0 Å². The fourth-order valence-corrected chi connectivity index (χ4v) is 3.90. The van der Waals surface area contributed by atoms with Gasteiger partial charge in [-0.15, -0.1) is 10.2 Å². The van der Waals surface area contributed by atoms with E-state index in [0.717, 1.165) is 18.2 Å². The quantitative estimate of drug-likeness (QED) is 0.919. The molecular formula is C16H28N4. The Morgan fingerprint density at radius 2 is 1.95 bits per heavy atom. The summed E-state index contributed by atoms with van der Waals surface area (Å²) in [5.74, 6) is 3.19. The molecule has 1 aliphatic heterocycles. The van der Waals surface area contributed by atoms with Gasteiger partial charge in [0, 0.05) is 12.5 Å². The van der Waals surface area contributed by atoms with Crippen molar-refractivity contribution in [2.24, 2.45) is 5.92 Å². The van der Waals surface area contributed by atoms with Crippen molar-refractivity contribution in [3.8, 4) is 0 Å². The van der Waals surface area contributed by atoms with Crippen molar-refractivity contribution in [1.82, 2.24) is 20.1 Å². The van der Waals surface area contributed by atoms with Gasteiger partial charge in [0.25, 0.3) is 0 Å². The van der Waals surface area contributed by atoms with Crippen molar-refractivity contribution in [3.05, 3.63) is 11.6 Å². The molecule has 0 aromatic carbocycles. The first-order valence-corrected chi connectivity index (χ1v) is 8.45. The summed E-state index contributed by atoms with van der Waals surface area (Å²) in [4.78, 5) is 0. The monoisotopic (exact) mass is 276 g/mol. The lowest BCUT2D eigenvalue weighted by molar-refractivity contribution is 0.328. The normalized spacial score (nSPS) is 24.9. The lowest BCUT2D eigenvalue weighted by Crippen LogP contribution is -2.30. The molecule has 1 atom stereocenters. The Balaban J connectivity index is 1.63. The first kappa shape index (κ1) is 14.1. The van der Waals surface area contributed by atoms with E-state index >= 15 is 0 Å². The molecule has 0 spiro atoms. The highest BCUT2D eigenvalue weighted by Gasteiger charge is 2.22. The molecular weight excluding hydrogens is 248 g/mol. The van der Waals surface area contributed by atoms with E-state index in [1.165, 1.54) is 70.3 Å². The minimum Gasteiger partial charge on any atom is -0.316 e. The van der Waals surface area contributed by atoms with Crippen molar-refractivity contribution in [2.75, 3.05) is 13.1 Å². The second-order valence-corrected chi connectivity index (χ2v) is 6.58. The highest BCUT2D eigenvalue weighted by molar-refractivity contribution is 4.98. The van der Waals surface area contributed by atoms with Crippen molar-refractivity contribution in [1.29, 1.82) is 0 Å². The molecule has 1 saturated carbocycles. The second kappa shape index (κ2) is 6.70. The third-order valence-electron chi connectivity index (χ3n) is 5.05. The van der Waals surface area contributed by atoms with Crippen LogP contribution in [0.2, 0.25) is 0 Å². The number of hydrogen-bond donors (Lipinski definition) is 1. The van der Waals surface area contributed by atoms with Crippen LogP contribution in [0.3, 0.4) is 0 Å². The molecule has 2 aliphatic rings. The van der Waals surface area contributed by atoms with Crippen LogP contribution in [0.1, 0.15) is 69.1 Å². The van der Waals surface area contributed by atoms with Crippen molar-refractivity contribution >= 4 is 0 Å². The van der Waals surface area contributed by atoms with Gasteiger partial charge < -0.3 is 9.88 Å². The molecule has 1 aromatic rings. The maximum Gasteiger partial charge on any atom is 0.133 e. The fourth-order valence-electron chi connectivity index (χ4n) is 3.90. The zero-order valence-corrected chi connectivity index (χ0v) is 12.8. The molecule has 112 valence electrons. The third-order valence-corrected chi connectivity index (χ3v) is 5.05. The van der Waals surface area contributed by atoms with E-state index in [-0.39, 0.29) is 0 Å². The molecule has 0 radical (unpaired) electrons. The van der Waals surface area contributed by atoms with Crippen molar-refractivity contribution < 1.29 is 0 Å². The molecule has 4 nitrogen and oxygen atoms in total. The molecule has 1 unspecified atom stereocenters. The summed E-state index contributed by atoms with van der Waals surface area (Å²) in [6, 6.07) is 0.665. The van der Waals surface area contributed by atoms with E-state index in [4.69, 9.17) is 0 Å². The van der Waals surface area contributed by atoms with Gasteiger partial charge in [0.15, 0.2) is 0 Å². The smallest absolute Gasteiger partial charge is 0.133 e. The Bertz CT molecular complexity index is 414. The van der Waals surface area contributed by atoms with Crippen LogP contribution in [-0.4, -0.2) is 27.9 Å². The summed E-state index contributed by atoms with van der Waals surface area (Å²) in [7, 11) is 0. The number of nitrogens with one attached hydrogen (secondary N) is 1. The van der Waals surface area contributed by atoms with Crippen LogP contribution >= 0.6 is 0 Å². The molecule has 20 heavy (non-hydrogen) atoms. The maximum atomic E-state index is 4.47. The summed E-state index contributed by atoms with van der Waals surface area (Å²) < 4.78 is 2.45. The number of aryl methyl sites for hydroxylation is 2. The van der Waals surface area contributed by atoms with Gasteiger partial charge in [-0.05, 0) is 58.0 Å². The fraction of sp³-hybridized carbons (Fsp3) is 0.875. The zero-order valence-electron chi connectivity index (χ0n) is 12.8. The average Bonchev–Trinajstić information content (AvgIpc) is 2.88. The van der Waals surface area contributed by atoms with Gasteiger partial charge >= 0.3 is 0 Å². The summed E-state index contributed by atoms with van der Waals surface area (Å²) in [6.45, 7) is 4.51. The number of nitrogens with zero attached hydrogens (tertiary/aromatic N) is 3. The number of piperidine rings is 1. The Labute approximate surface area is 122 Å².